The zero-order valence-corrected chi connectivity index (χ0v) is 16.8. The monoisotopic (exact) mass is 416 g/mol. The van der Waals surface area contributed by atoms with Crippen LogP contribution in [0.25, 0.3) is 10.8 Å². The molecule has 1 aliphatic rings. The fraction of sp³-hybridized carbons (Fsp3) is 0.389. The first kappa shape index (κ1) is 19.3. The Hall–Kier alpha value is -3.05. The van der Waals surface area contributed by atoms with E-state index in [9.17, 15) is 4.79 Å². The van der Waals surface area contributed by atoms with Crippen LogP contribution in [-0.2, 0) is 4.74 Å². The summed E-state index contributed by atoms with van der Waals surface area (Å²) in [5.41, 5.74) is 0.0406. The van der Waals surface area contributed by atoms with E-state index in [0.29, 0.717) is 17.5 Å². The average Bonchev–Trinajstić information content (AvgIpc) is 3.45. The van der Waals surface area contributed by atoms with E-state index in [2.05, 4.69) is 30.6 Å². The van der Waals surface area contributed by atoms with Crippen LogP contribution in [0.2, 0.25) is 0 Å². The minimum Gasteiger partial charge on any atom is -0.494 e. The molecule has 1 saturated heterocycles. The van der Waals surface area contributed by atoms with Crippen molar-refractivity contribution in [3.05, 3.63) is 29.3 Å². The Morgan fingerprint density at radius 1 is 1.24 bits per heavy atom. The first-order valence-electron chi connectivity index (χ1n) is 9.06. The van der Waals surface area contributed by atoms with Crippen molar-refractivity contribution in [1.82, 2.24) is 20.4 Å². The molecule has 0 saturated carbocycles. The molecule has 0 aliphatic carbocycles. The summed E-state index contributed by atoms with van der Waals surface area (Å²) in [5, 5.41) is 20.5. The standard InChI is InChI=1S/C18H20N6O4S/c1-26-11-5-7-24(8-6-11)14-10-12(27-2)15(21-20-14)16(25)19-18-23-22-17(28-18)13-4-3-9-29-13/h3-4,9-11H,5-8H2,1-2H3,(H,19,23,25). The summed E-state index contributed by atoms with van der Waals surface area (Å²) < 4.78 is 16.2. The zero-order valence-electron chi connectivity index (χ0n) is 16.0. The van der Waals surface area contributed by atoms with Crippen molar-refractivity contribution >= 4 is 29.1 Å². The second-order valence-corrected chi connectivity index (χ2v) is 7.33. The number of nitrogens with one attached hydrogen (secondary N) is 1. The highest BCUT2D eigenvalue weighted by Crippen LogP contribution is 2.27. The van der Waals surface area contributed by atoms with Gasteiger partial charge in [-0.05, 0) is 24.3 Å². The van der Waals surface area contributed by atoms with Crippen LogP contribution in [-0.4, -0.2) is 59.7 Å². The van der Waals surface area contributed by atoms with Crippen LogP contribution < -0.4 is 15.0 Å². The maximum atomic E-state index is 12.6. The molecule has 1 N–H and O–H groups in total. The third-order valence-corrected chi connectivity index (χ3v) is 5.52. The lowest BCUT2D eigenvalue weighted by molar-refractivity contribution is 0.0817. The van der Waals surface area contributed by atoms with Gasteiger partial charge in [-0.3, -0.25) is 10.1 Å². The van der Waals surface area contributed by atoms with Crippen LogP contribution in [0.15, 0.2) is 28.0 Å². The van der Waals surface area contributed by atoms with Gasteiger partial charge in [0.15, 0.2) is 17.3 Å². The minimum atomic E-state index is -0.541. The number of hydrogen-bond donors (Lipinski definition) is 1. The van der Waals surface area contributed by atoms with Crippen molar-refractivity contribution in [3.8, 4) is 16.5 Å². The molecule has 29 heavy (non-hydrogen) atoms. The summed E-state index contributed by atoms with van der Waals surface area (Å²) in [6, 6.07) is 5.42. The molecule has 3 aromatic heterocycles. The largest absolute Gasteiger partial charge is 0.494 e. The van der Waals surface area contributed by atoms with Gasteiger partial charge in [-0.1, -0.05) is 11.2 Å². The van der Waals surface area contributed by atoms with Gasteiger partial charge in [-0.15, -0.1) is 26.6 Å². The Bertz CT molecular complexity index is 969. The van der Waals surface area contributed by atoms with E-state index in [-0.39, 0.29) is 17.8 Å². The smallest absolute Gasteiger partial charge is 0.322 e. The van der Waals surface area contributed by atoms with Crippen LogP contribution in [0.5, 0.6) is 5.75 Å². The molecule has 0 spiro atoms. The van der Waals surface area contributed by atoms with Crippen molar-refractivity contribution in [2.75, 3.05) is 37.5 Å². The van der Waals surface area contributed by atoms with E-state index in [4.69, 9.17) is 13.9 Å². The van der Waals surface area contributed by atoms with E-state index in [0.717, 1.165) is 30.8 Å². The van der Waals surface area contributed by atoms with Crippen molar-refractivity contribution in [2.45, 2.75) is 18.9 Å². The predicted octanol–water partition coefficient (Wildman–Crippen LogP) is 2.46. The molecule has 0 unspecified atom stereocenters. The summed E-state index contributed by atoms with van der Waals surface area (Å²) in [4.78, 5) is 15.5. The fourth-order valence-electron chi connectivity index (χ4n) is 3.08. The van der Waals surface area contributed by atoms with Gasteiger partial charge in [-0.25, -0.2) is 0 Å². The third-order valence-electron chi connectivity index (χ3n) is 4.66. The number of carbonyl (C=O) groups is 1. The molecular formula is C18H20N6O4S. The van der Waals surface area contributed by atoms with Gasteiger partial charge < -0.3 is 18.8 Å². The van der Waals surface area contributed by atoms with E-state index in [1.54, 1.807) is 13.2 Å². The van der Waals surface area contributed by atoms with Crippen molar-refractivity contribution in [1.29, 1.82) is 0 Å². The lowest BCUT2D eigenvalue weighted by Gasteiger charge is -2.31. The molecule has 1 amide bonds. The van der Waals surface area contributed by atoms with Gasteiger partial charge in [0.25, 0.3) is 11.8 Å². The summed E-state index contributed by atoms with van der Waals surface area (Å²) in [7, 11) is 3.21. The molecule has 4 rings (SSSR count). The van der Waals surface area contributed by atoms with Gasteiger partial charge >= 0.3 is 6.01 Å². The summed E-state index contributed by atoms with van der Waals surface area (Å²) >= 11 is 1.46. The molecule has 3 aromatic rings. The van der Waals surface area contributed by atoms with Crippen LogP contribution in [0.3, 0.4) is 0 Å². The summed E-state index contributed by atoms with van der Waals surface area (Å²) in [6.07, 6.45) is 2.08. The van der Waals surface area contributed by atoms with Gasteiger partial charge in [0.1, 0.15) is 0 Å². The number of aromatic nitrogens is 4. The maximum absolute atomic E-state index is 12.6. The number of hydrogen-bond acceptors (Lipinski definition) is 10. The highest BCUT2D eigenvalue weighted by Gasteiger charge is 2.24. The Morgan fingerprint density at radius 3 is 2.76 bits per heavy atom. The fourth-order valence-corrected chi connectivity index (χ4v) is 3.73. The number of rotatable bonds is 6. The van der Waals surface area contributed by atoms with Gasteiger partial charge in [-0.2, -0.15) is 0 Å². The number of amides is 1. The van der Waals surface area contributed by atoms with E-state index in [1.807, 2.05) is 17.5 Å². The van der Waals surface area contributed by atoms with Crippen LogP contribution >= 0.6 is 11.3 Å². The van der Waals surface area contributed by atoms with Crippen LogP contribution in [0, 0.1) is 0 Å². The Labute approximate surface area is 170 Å². The lowest BCUT2D eigenvalue weighted by Crippen LogP contribution is -2.37. The van der Waals surface area contributed by atoms with Gasteiger partial charge in [0.2, 0.25) is 0 Å². The molecule has 1 fully saturated rings. The van der Waals surface area contributed by atoms with Crippen molar-refractivity contribution < 1.29 is 18.7 Å². The number of ether oxygens (including phenoxy) is 2. The maximum Gasteiger partial charge on any atom is 0.322 e. The molecule has 0 bridgehead atoms. The summed E-state index contributed by atoms with van der Waals surface area (Å²) in [5.74, 6) is 0.772. The quantitative estimate of drug-likeness (QED) is 0.647. The molecule has 152 valence electrons. The number of methoxy groups -OCH3 is 2. The molecular weight excluding hydrogens is 396 g/mol. The molecule has 11 heteroatoms. The number of thiophene rings is 1. The Balaban J connectivity index is 1.47. The molecule has 10 nitrogen and oxygen atoms in total. The number of piperidine rings is 1. The summed E-state index contributed by atoms with van der Waals surface area (Å²) in [6.45, 7) is 1.60. The first-order valence-corrected chi connectivity index (χ1v) is 9.94. The van der Waals surface area contributed by atoms with Crippen LogP contribution in [0.1, 0.15) is 23.3 Å². The molecule has 4 heterocycles. The van der Waals surface area contributed by atoms with Gasteiger partial charge in [0, 0.05) is 26.3 Å². The minimum absolute atomic E-state index is 0.0204. The molecule has 0 atom stereocenters. The second kappa shape index (κ2) is 8.53. The molecule has 0 radical (unpaired) electrons. The van der Waals surface area contributed by atoms with E-state index < -0.39 is 5.91 Å². The van der Waals surface area contributed by atoms with Crippen molar-refractivity contribution in [3.63, 3.8) is 0 Å². The highest BCUT2D eigenvalue weighted by molar-refractivity contribution is 7.13. The zero-order chi connectivity index (χ0) is 20.2. The second-order valence-electron chi connectivity index (χ2n) is 6.39. The Morgan fingerprint density at radius 2 is 2.07 bits per heavy atom. The van der Waals surface area contributed by atoms with Gasteiger partial charge in [0.05, 0.1) is 18.1 Å². The number of nitrogens with zero attached hydrogens (tertiary/aromatic N) is 5. The lowest BCUT2D eigenvalue weighted by atomic mass is 10.1. The van der Waals surface area contributed by atoms with Crippen LogP contribution in [0.4, 0.5) is 11.8 Å². The average molecular weight is 416 g/mol. The first-order chi connectivity index (χ1) is 14.2. The number of carbonyl (C=O) groups excluding carboxylic acids is 1. The molecule has 1 aliphatic heterocycles. The van der Waals surface area contributed by atoms with E-state index >= 15 is 0 Å². The van der Waals surface area contributed by atoms with E-state index in [1.165, 1.54) is 18.4 Å². The van der Waals surface area contributed by atoms with Crippen molar-refractivity contribution in [2.24, 2.45) is 0 Å². The Kier molecular flexibility index (Phi) is 5.67. The normalized spacial score (nSPS) is 14.8. The predicted molar refractivity (Wildman–Crippen MR) is 106 cm³/mol. The topological polar surface area (TPSA) is 116 Å². The molecule has 0 aromatic carbocycles. The SMILES string of the molecule is COc1cc(N2CCC(OC)CC2)nnc1C(=O)Nc1nnc(-c2cccs2)o1. The third kappa shape index (κ3) is 4.20. The number of anilines is 2. The highest BCUT2D eigenvalue weighted by atomic mass is 32.1.